The van der Waals surface area contributed by atoms with Crippen molar-refractivity contribution in [3.05, 3.63) is 29.2 Å². The Morgan fingerprint density at radius 3 is 2.20 bits per heavy atom. The normalized spacial score (nSPS) is 11.4. The van der Waals surface area contributed by atoms with Gasteiger partial charge in [0.15, 0.2) is 0 Å². The van der Waals surface area contributed by atoms with Crippen LogP contribution < -0.4 is 9.46 Å². The Bertz CT molecular complexity index is 714. The molecule has 7 nitrogen and oxygen atoms in total. The number of rotatable bonds is 4. The van der Waals surface area contributed by atoms with Crippen LogP contribution in [0.1, 0.15) is 17.0 Å². The fourth-order valence-corrected chi connectivity index (χ4v) is 2.99. The number of nitrogens with one attached hydrogen (secondary N) is 1. The van der Waals surface area contributed by atoms with Gasteiger partial charge in [-0.05, 0) is 37.1 Å². The highest BCUT2D eigenvalue weighted by atomic mass is 32.2. The first-order valence-electron chi connectivity index (χ1n) is 5.81. The molecule has 1 heterocycles. The fourth-order valence-electron chi connectivity index (χ4n) is 1.90. The first kappa shape index (κ1) is 14.3. The summed E-state index contributed by atoms with van der Waals surface area (Å²) in [4.78, 5) is 0.115. The Balaban J connectivity index is 2.39. The molecule has 20 heavy (non-hydrogen) atoms. The Morgan fingerprint density at radius 1 is 1.15 bits per heavy atom. The van der Waals surface area contributed by atoms with Gasteiger partial charge in [0.25, 0.3) is 10.0 Å². The monoisotopic (exact) mass is 297 g/mol. The van der Waals surface area contributed by atoms with Crippen LogP contribution in [0.5, 0.6) is 5.75 Å². The van der Waals surface area contributed by atoms with E-state index in [4.69, 9.17) is 9.15 Å². The molecule has 1 aromatic carbocycles. The minimum atomic E-state index is -3.77. The van der Waals surface area contributed by atoms with Crippen LogP contribution in [0, 0.1) is 20.8 Å². The summed E-state index contributed by atoms with van der Waals surface area (Å²) in [5.74, 6) is 0.947. The minimum Gasteiger partial charge on any atom is -0.496 e. The van der Waals surface area contributed by atoms with E-state index in [-0.39, 0.29) is 16.8 Å². The fraction of sp³-hybridized carbons (Fsp3) is 0.333. The van der Waals surface area contributed by atoms with Crippen molar-refractivity contribution in [2.45, 2.75) is 25.7 Å². The molecule has 2 rings (SSSR count). The van der Waals surface area contributed by atoms with Gasteiger partial charge in [-0.25, -0.2) is 13.1 Å². The molecule has 0 aliphatic carbocycles. The predicted molar refractivity (Wildman–Crippen MR) is 72.3 cm³/mol. The van der Waals surface area contributed by atoms with Crippen LogP contribution in [-0.2, 0) is 10.0 Å². The van der Waals surface area contributed by atoms with Gasteiger partial charge in [0.05, 0.1) is 12.0 Å². The van der Waals surface area contributed by atoms with Crippen molar-refractivity contribution in [2.75, 3.05) is 11.8 Å². The van der Waals surface area contributed by atoms with E-state index < -0.39 is 10.0 Å². The van der Waals surface area contributed by atoms with Crippen molar-refractivity contribution >= 4 is 16.0 Å². The number of sulfonamides is 1. The van der Waals surface area contributed by atoms with Crippen molar-refractivity contribution in [3.8, 4) is 5.75 Å². The second kappa shape index (κ2) is 5.12. The quantitative estimate of drug-likeness (QED) is 0.924. The van der Waals surface area contributed by atoms with Crippen LogP contribution in [0.25, 0.3) is 0 Å². The summed E-state index contributed by atoms with van der Waals surface area (Å²) in [6.45, 7) is 5.13. The third kappa shape index (κ3) is 2.74. The van der Waals surface area contributed by atoms with Crippen LogP contribution in [-0.4, -0.2) is 25.7 Å². The number of nitrogens with zero attached hydrogens (tertiary/aromatic N) is 2. The SMILES string of the molecule is COc1c(C)cc(S(=O)(=O)Nc2nnc(C)o2)cc1C. The van der Waals surface area contributed by atoms with Crippen molar-refractivity contribution < 1.29 is 17.6 Å². The second-order valence-electron chi connectivity index (χ2n) is 4.32. The number of hydrogen-bond acceptors (Lipinski definition) is 6. The van der Waals surface area contributed by atoms with Gasteiger partial charge >= 0.3 is 6.01 Å². The molecule has 0 atom stereocenters. The van der Waals surface area contributed by atoms with E-state index in [1.165, 1.54) is 12.1 Å². The van der Waals surface area contributed by atoms with Gasteiger partial charge in [-0.15, -0.1) is 5.10 Å². The Hall–Kier alpha value is -2.09. The average Bonchev–Trinajstić information content (AvgIpc) is 2.73. The van der Waals surface area contributed by atoms with E-state index in [1.807, 2.05) is 0 Å². The zero-order chi connectivity index (χ0) is 14.9. The predicted octanol–water partition coefficient (Wildman–Crippen LogP) is 1.80. The van der Waals surface area contributed by atoms with E-state index in [1.54, 1.807) is 27.9 Å². The lowest BCUT2D eigenvalue weighted by molar-refractivity contribution is 0.408. The van der Waals surface area contributed by atoms with Crippen LogP contribution in [0.4, 0.5) is 6.01 Å². The van der Waals surface area contributed by atoms with Gasteiger partial charge in [0.2, 0.25) is 5.89 Å². The number of aryl methyl sites for hydroxylation is 3. The number of benzene rings is 1. The lowest BCUT2D eigenvalue weighted by Crippen LogP contribution is -2.14. The molecular formula is C12H15N3O4S. The molecule has 0 amide bonds. The van der Waals surface area contributed by atoms with Crippen molar-refractivity contribution in [3.63, 3.8) is 0 Å². The maximum absolute atomic E-state index is 12.2. The molecule has 0 aliphatic rings. The highest BCUT2D eigenvalue weighted by molar-refractivity contribution is 7.92. The van der Waals surface area contributed by atoms with E-state index in [2.05, 4.69) is 14.9 Å². The number of methoxy groups -OCH3 is 1. The van der Waals surface area contributed by atoms with Crippen molar-refractivity contribution in [2.24, 2.45) is 0 Å². The molecule has 0 bridgehead atoms. The van der Waals surface area contributed by atoms with Gasteiger partial charge < -0.3 is 9.15 Å². The number of ether oxygens (including phenoxy) is 1. The molecule has 1 aromatic heterocycles. The summed E-state index contributed by atoms with van der Waals surface area (Å²) in [6, 6.07) is 2.89. The number of hydrogen-bond donors (Lipinski definition) is 1. The minimum absolute atomic E-state index is 0.115. The summed E-state index contributed by atoms with van der Waals surface area (Å²) in [5, 5.41) is 7.17. The Kier molecular flexibility index (Phi) is 3.67. The van der Waals surface area contributed by atoms with Gasteiger partial charge in [-0.2, -0.15) is 0 Å². The lowest BCUT2D eigenvalue weighted by Gasteiger charge is -2.11. The molecule has 0 spiro atoms. The van der Waals surface area contributed by atoms with Crippen LogP contribution in [0.15, 0.2) is 21.4 Å². The zero-order valence-electron chi connectivity index (χ0n) is 11.6. The van der Waals surface area contributed by atoms with Crippen LogP contribution in [0.3, 0.4) is 0 Å². The lowest BCUT2D eigenvalue weighted by atomic mass is 10.1. The van der Waals surface area contributed by atoms with Gasteiger partial charge in [-0.3, -0.25) is 0 Å². The molecule has 0 aliphatic heterocycles. The molecule has 1 N–H and O–H groups in total. The first-order chi connectivity index (χ1) is 9.33. The highest BCUT2D eigenvalue weighted by Gasteiger charge is 2.19. The van der Waals surface area contributed by atoms with Gasteiger partial charge in [-0.1, -0.05) is 5.10 Å². The number of anilines is 1. The summed E-state index contributed by atoms with van der Waals surface area (Å²) >= 11 is 0. The van der Waals surface area contributed by atoms with E-state index >= 15 is 0 Å². The summed E-state index contributed by atoms with van der Waals surface area (Å²) in [7, 11) is -2.23. The van der Waals surface area contributed by atoms with Gasteiger partial charge in [0.1, 0.15) is 5.75 Å². The Labute approximate surface area is 117 Å². The molecule has 0 unspecified atom stereocenters. The summed E-state index contributed by atoms with van der Waals surface area (Å²) in [5.41, 5.74) is 1.46. The maximum Gasteiger partial charge on any atom is 0.329 e. The van der Waals surface area contributed by atoms with Crippen molar-refractivity contribution in [1.29, 1.82) is 0 Å². The second-order valence-corrected chi connectivity index (χ2v) is 6.00. The van der Waals surface area contributed by atoms with Gasteiger partial charge in [0, 0.05) is 6.92 Å². The molecule has 0 fully saturated rings. The smallest absolute Gasteiger partial charge is 0.329 e. The topological polar surface area (TPSA) is 94.3 Å². The summed E-state index contributed by atoms with van der Waals surface area (Å²) in [6.07, 6.45) is 0. The third-order valence-electron chi connectivity index (χ3n) is 2.70. The molecule has 0 saturated carbocycles. The third-order valence-corrected chi connectivity index (χ3v) is 4.00. The number of aromatic nitrogens is 2. The first-order valence-corrected chi connectivity index (χ1v) is 7.30. The van der Waals surface area contributed by atoms with E-state index in [9.17, 15) is 8.42 Å². The van der Waals surface area contributed by atoms with Crippen LogP contribution >= 0.6 is 0 Å². The molecule has 0 saturated heterocycles. The molecule has 2 aromatic rings. The molecule has 108 valence electrons. The van der Waals surface area contributed by atoms with Crippen LogP contribution in [0.2, 0.25) is 0 Å². The van der Waals surface area contributed by atoms with E-state index in [0.717, 1.165) is 11.1 Å². The largest absolute Gasteiger partial charge is 0.496 e. The van der Waals surface area contributed by atoms with E-state index in [0.29, 0.717) is 5.75 Å². The summed E-state index contributed by atoms with van der Waals surface area (Å²) < 4.78 is 36.9. The maximum atomic E-state index is 12.2. The van der Waals surface area contributed by atoms with Crippen molar-refractivity contribution in [1.82, 2.24) is 10.2 Å². The average molecular weight is 297 g/mol. The Morgan fingerprint density at radius 2 is 1.75 bits per heavy atom. The standard InChI is InChI=1S/C12H15N3O4S/c1-7-5-10(6-8(2)11(7)18-4)20(16,17)15-12-14-13-9(3)19-12/h5-6H,1-4H3,(H,14,15). The molecule has 0 radical (unpaired) electrons. The zero-order valence-corrected chi connectivity index (χ0v) is 12.4. The highest BCUT2D eigenvalue weighted by Crippen LogP contribution is 2.27. The molecular weight excluding hydrogens is 282 g/mol. The molecule has 8 heteroatoms.